The molecule has 8 nitrogen and oxygen atoms in total. The van der Waals surface area contributed by atoms with Gasteiger partial charge in [-0.1, -0.05) is 68.4 Å². The van der Waals surface area contributed by atoms with Gasteiger partial charge in [-0.25, -0.2) is 9.59 Å². The second-order valence-electron chi connectivity index (χ2n) is 9.71. The maximum Gasteiger partial charge on any atom is 0.335 e. The highest BCUT2D eigenvalue weighted by molar-refractivity contribution is 5.94. The summed E-state index contributed by atoms with van der Waals surface area (Å²) < 4.78 is 4.39. The Morgan fingerprint density at radius 2 is 1.73 bits per heavy atom. The molecule has 2 heterocycles. The van der Waals surface area contributed by atoms with Gasteiger partial charge in [0.15, 0.2) is 5.65 Å². The van der Waals surface area contributed by atoms with E-state index in [2.05, 4.69) is 13.8 Å². The fourth-order valence-electron chi connectivity index (χ4n) is 4.75. The summed E-state index contributed by atoms with van der Waals surface area (Å²) in [4.78, 5) is 38.4. The summed E-state index contributed by atoms with van der Waals surface area (Å²) in [5.41, 5.74) is 1.57. The standard InChI is InChI=1S/C29H28N4O4/c1-18(2)14-15-32-26-24(27(34)31(3)29(32)37)25(20-10-7-11-21(16-20)28(35)36)33(30-26)17-22-12-6-9-19-8-4-5-13-23(19)22/h4-13,16,18H,14-15,17H2,1-3H3,(H,35,36). The van der Waals surface area contributed by atoms with Gasteiger partial charge in [-0.15, -0.1) is 0 Å². The van der Waals surface area contributed by atoms with Gasteiger partial charge in [0.25, 0.3) is 5.56 Å². The van der Waals surface area contributed by atoms with Crippen molar-refractivity contribution in [2.24, 2.45) is 13.0 Å². The first-order valence-electron chi connectivity index (χ1n) is 12.3. The van der Waals surface area contributed by atoms with E-state index in [0.29, 0.717) is 41.3 Å². The average Bonchev–Trinajstić information content (AvgIpc) is 3.26. The van der Waals surface area contributed by atoms with Crippen LogP contribution in [-0.2, 0) is 20.1 Å². The number of fused-ring (bicyclic) bond motifs is 2. The predicted octanol–water partition coefficient (Wildman–Crippen LogP) is 4.51. The number of carboxylic acid groups (broad SMARTS) is 1. The van der Waals surface area contributed by atoms with E-state index in [1.54, 1.807) is 27.4 Å². The Balaban J connectivity index is 1.83. The number of aryl methyl sites for hydroxylation is 1. The Hall–Kier alpha value is -4.46. The largest absolute Gasteiger partial charge is 0.478 e. The molecule has 0 radical (unpaired) electrons. The van der Waals surface area contributed by atoms with Crippen LogP contribution >= 0.6 is 0 Å². The van der Waals surface area contributed by atoms with Gasteiger partial charge in [0.1, 0.15) is 5.39 Å². The van der Waals surface area contributed by atoms with E-state index in [4.69, 9.17) is 5.10 Å². The van der Waals surface area contributed by atoms with E-state index < -0.39 is 17.2 Å². The van der Waals surface area contributed by atoms with Gasteiger partial charge in [-0.2, -0.15) is 5.10 Å². The van der Waals surface area contributed by atoms with Crippen LogP contribution in [0.3, 0.4) is 0 Å². The normalized spacial score (nSPS) is 11.6. The molecule has 0 fully saturated rings. The molecule has 0 aliphatic heterocycles. The van der Waals surface area contributed by atoms with Crippen LogP contribution in [0.15, 0.2) is 76.3 Å². The fourth-order valence-corrected chi connectivity index (χ4v) is 4.75. The van der Waals surface area contributed by atoms with Gasteiger partial charge in [0, 0.05) is 19.2 Å². The lowest BCUT2D eigenvalue weighted by molar-refractivity contribution is 0.0697. The maximum absolute atomic E-state index is 13.5. The molecule has 188 valence electrons. The average molecular weight is 497 g/mol. The Morgan fingerprint density at radius 1 is 1.00 bits per heavy atom. The third kappa shape index (κ3) is 4.35. The molecular weight excluding hydrogens is 468 g/mol. The monoisotopic (exact) mass is 496 g/mol. The molecule has 1 N–H and O–H groups in total. The van der Waals surface area contributed by atoms with Crippen LogP contribution in [0.5, 0.6) is 0 Å². The van der Waals surface area contributed by atoms with E-state index in [1.807, 2.05) is 42.5 Å². The SMILES string of the molecule is CC(C)CCn1c(=O)n(C)c(=O)c2c(-c3cccc(C(=O)O)c3)n(Cc3cccc4ccccc34)nc21. The number of aromatic nitrogens is 4. The summed E-state index contributed by atoms with van der Waals surface area (Å²) in [6, 6.07) is 20.5. The zero-order valence-electron chi connectivity index (χ0n) is 21.0. The van der Waals surface area contributed by atoms with Crippen molar-refractivity contribution in [3.63, 3.8) is 0 Å². The first-order valence-corrected chi connectivity index (χ1v) is 12.3. The Labute approximate surface area is 213 Å². The first-order chi connectivity index (χ1) is 17.8. The predicted molar refractivity (Wildman–Crippen MR) is 144 cm³/mol. The van der Waals surface area contributed by atoms with Gasteiger partial charge >= 0.3 is 11.7 Å². The highest BCUT2D eigenvalue weighted by Crippen LogP contribution is 2.29. The second kappa shape index (κ2) is 9.54. The summed E-state index contributed by atoms with van der Waals surface area (Å²) >= 11 is 0. The molecule has 8 heteroatoms. The number of nitrogens with zero attached hydrogens (tertiary/aromatic N) is 4. The maximum atomic E-state index is 13.5. The van der Waals surface area contributed by atoms with Gasteiger partial charge < -0.3 is 5.11 Å². The van der Waals surface area contributed by atoms with Crippen molar-refractivity contribution in [1.29, 1.82) is 0 Å². The molecule has 3 aromatic carbocycles. The van der Waals surface area contributed by atoms with Gasteiger partial charge in [-0.05, 0) is 40.8 Å². The molecule has 0 spiro atoms. The Kier molecular flexibility index (Phi) is 6.25. The van der Waals surface area contributed by atoms with Crippen molar-refractivity contribution in [3.8, 4) is 11.3 Å². The van der Waals surface area contributed by atoms with E-state index >= 15 is 0 Å². The Bertz CT molecular complexity index is 1770. The van der Waals surface area contributed by atoms with Crippen molar-refractivity contribution in [2.75, 3.05) is 0 Å². The van der Waals surface area contributed by atoms with E-state index in [0.717, 1.165) is 27.3 Å². The lowest BCUT2D eigenvalue weighted by Gasteiger charge is -2.11. The number of rotatable bonds is 7. The smallest absolute Gasteiger partial charge is 0.335 e. The molecule has 0 bridgehead atoms. The number of hydrogen-bond donors (Lipinski definition) is 1. The van der Waals surface area contributed by atoms with Crippen LogP contribution in [0.4, 0.5) is 0 Å². The van der Waals surface area contributed by atoms with Crippen molar-refractivity contribution in [1.82, 2.24) is 18.9 Å². The van der Waals surface area contributed by atoms with E-state index in [-0.39, 0.29) is 5.56 Å². The lowest BCUT2D eigenvalue weighted by atomic mass is 10.0. The first kappa shape index (κ1) is 24.2. The van der Waals surface area contributed by atoms with Crippen molar-refractivity contribution >= 4 is 27.8 Å². The molecule has 2 aromatic heterocycles. The van der Waals surface area contributed by atoms with Crippen LogP contribution in [0.1, 0.15) is 36.2 Å². The van der Waals surface area contributed by atoms with E-state index in [9.17, 15) is 19.5 Å². The number of hydrogen-bond acceptors (Lipinski definition) is 4. The molecule has 0 aliphatic rings. The zero-order valence-corrected chi connectivity index (χ0v) is 21.0. The van der Waals surface area contributed by atoms with E-state index in [1.165, 1.54) is 13.1 Å². The molecule has 5 aromatic rings. The molecule has 5 rings (SSSR count). The molecule has 0 amide bonds. The molecule has 0 atom stereocenters. The van der Waals surface area contributed by atoms with Crippen molar-refractivity contribution in [3.05, 3.63) is 98.7 Å². The summed E-state index contributed by atoms with van der Waals surface area (Å²) in [5.74, 6) is -0.711. The molecule has 0 aliphatic carbocycles. The van der Waals surface area contributed by atoms with Crippen LogP contribution in [0.2, 0.25) is 0 Å². The van der Waals surface area contributed by atoms with Crippen LogP contribution in [-0.4, -0.2) is 30.0 Å². The van der Waals surface area contributed by atoms with Gasteiger partial charge in [-0.3, -0.25) is 18.6 Å². The second-order valence-corrected chi connectivity index (χ2v) is 9.71. The number of carbonyl (C=O) groups is 1. The molecule has 0 saturated carbocycles. The molecule has 0 unspecified atom stereocenters. The summed E-state index contributed by atoms with van der Waals surface area (Å²) in [5, 5.41) is 16.9. The topological polar surface area (TPSA) is 99.1 Å². The highest BCUT2D eigenvalue weighted by atomic mass is 16.4. The van der Waals surface area contributed by atoms with Crippen molar-refractivity contribution in [2.45, 2.75) is 33.4 Å². The fraction of sp³-hybridized carbons (Fsp3) is 0.241. The van der Waals surface area contributed by atoms with Crippen LogP contribution in [0.25, 0.3) is 33.1 Å². The Morgan fingerprint density at radius 3 is 2.49 bits per heavy atom. The molecule has 37 heavy (non-hydrogen) atoms. The quantitative estimate of drug-likeness (QED) is 0.357. The summed E-state index contributed by atoms with van der Waals surface area (Å²) in [6.45, 7) is 4.91. The van der Waals surface area contributed by atoms with Crippen molar-refractivity contribution < 1.29 is 9.90 Å². The minimum atomic E-state index is -1.06. The number of benzene rings is 3. The molecular formula is C29H28N4O4. The van der Waals surface area contributed by atoms with Crippen LogP contribution < -0.4 is 11.2 Å². The summed E-state index contributed by atoms with van der Waals surface area (Å²) in [7, 11) is 1.47. The zero-order chi connectivity index (χ0) is 26.3. The highest BCUT2D eigenvalue weighted by Gasteiger charge is 2.23. The van der Waals surface area contributed by atoms with Gasteiger partial charge in [0.05, 0.1) is 17.8 Å². The number of aromatic carboxylic acids is 1. The minimum Gasteiger partial charge on any atom is -0.478 e. The third-order valence-corrected chi connectivity index (χ3v) is 6.74. The number of carboxylic acids is 1. The van der Waals surface area contributed by atoms with Gasteiger partial charge in [0.2, 0.25) is 0 Å². The molecule has 0 saturated heterocycles. The van der Waals surface area contributed by atoms with Crippen LogP contribution in [0, 0.1) is 5.92 Å². The third-order valence-electron chi connectivity index (χ3n) is 6.74. The summed E-state index contributed by atoms with van der Waals surface area (Å²) in [6.07, 6.45) is 0.743. The lowest BCUT2D eigenvalue weighted by Crippen LogP contribution is -2.38. The minimum absolute atomic E-state index is 0.105.